The lowest BCUT2D eigenvalue weighted by Gasteiger charge is -2.41. The number of methoxy groups -OCH3 is 1. The lowest BCUT2D eigenvalue weighted by molar-refractivity contribution is -0.676. The number of rotatable bonds is 5. The zero-order valence-electron chi connectivity index (χ0n) is 19.1. The molecule has 3 aromatic rings. The van der Waals surface area contributed by atoms with Crippen LogP contribution in [0.1, 0.15) is 32.0 Å². The van der Waals surface area contributed by atoms with Crippen molar-refractivity contribution in [1.82, 2.24) is 9.67 Å². The summed E-state index contributed by atoms with van der Waals surface area (Å²) in [4.78, 5) is 4.50. The summed E-state index contributed by atoms with van der Waals surface area (Å²) >= 11 is 0. The van der Waals surface area contributed by atoms with Crippen LogP contribution in [0.3, 0.4) is 0 Å². The second-order valence-corrected chi connectivity index (χ2v) is 9.22. The predicted molar refractivity (Wildman–Crippen MR) is 119 cm³/mol. The molecule has 1 aliphatic carbocycles. The van der Waals surface area contributed by atoms with Gasteiger partial charge < -0.3 is 18.9 Å². The van der Waals surface area contributed by atoms with Crippen LogP contribution in [0.15, 0.2) is 48.8 Å². The first-order valence-corrected chi connectivity index (χ1v) is 11.1. The van der Waals surface area contributed by atoms with Crippen molar-refractivity contribution in [1.29, 1.82) is 0 Å². The van der Waals surface area contributed by atoms with Crippen molar-refractivity contribution in [2.24, 2.45) is 5.41 Å². The van der Waals surface area contributed by atoms with E-state index in [9.17, 15) is 0 Å². The predicted octanol–water partition coefficient (Wildman–Crippen LogP) is 3.42. The molecule has 3 heterocycles. The zero-order chi connectivity index (χ0) is 22.3. The molecular weight excluding hydrogens is 406 g/mol. The fraction of sp³-hybridized carbons (Fsp3) is 0.440. The van der Waals surface area contributed by atoms with Gasteiger partial charge in [-0.1, -0.05) is 30.7 Å². The van der Waals surface area contributed by atoms with Crippen LogP contribution in [0.4, 0.5) is 0 Å². The minimum absolute atomic E-state index is 0.0319. The second-order valence-electron chi connectivity index (χ2n) is 9.22. The number of fused-ring (bicyclic) bond motifs is 1. The van der Waals surface area contributed by atoms with E-state index in [1.165, 1.54) is 5.56 Å². The average Bonchev–Trinajstić information content (AvgIpc) is 3.31. The fourth-order valence-corrected chi connectivity index (χ4v) is 4.44. The number of hydrogen-bond donors (Lipinski definition) is 0. The Morgan fingerprint density at radius 3 is 2.56 bits per heavy atom. The van der Waals surface area contributed by atoms with E-state index in [0.717, 1.165) is 22.8 Å². The van der Waals surface area contributed by atoms with Crippen LogP contribution in [-0.4, -0.2) is 42.4 Å². The van der Waals surface area contributed by atoms with Gasteiger partial charge in [-0.25, -0.2) is 4.98 Å². The number of benzene rings is 1. The van der Waals surface area contributed by atoms with E-state index in [-0.39, 0.29) is 5.41 Å². The van der Waals surface area contributed by atoms with Gasteiger partial charge in [0.05, 0.1) is 38.8 Å². The normalized spacial score (nSPS) is 18.5. The second kappa shape index (κ2) is 7.90. The summed E-state index contributed by atoms with van der Waals surface area (Å²) in [5.41, 5.74) is 4.28. The van der Waals surface area contributed by atoms with Crippen LogP contribution < -0.4 is 14.2 Å². The molecule has 0 saturated carbocycles. The first-order chi connectivity index (χ1) is 15.4. The highest BCUT2D eigenvalue weighted by Crippen LogP contribution is 2.40. The summed E-state index contributed by atoms with van der Waals surface area (Å²) < 4.78 is 28.1. The number of para-hydroxylation sites is 2. The Hall–Kier alpha value is -2.90. The van der Waals surface area contributed by atoms with E-state index in [1.807, 2.05) is 43.5 Å². The fourth-order valence-electron chi connectivity index (χ4n) is 4.44. The number of nitrogens with zero attached hydrogens (tertiary/aromatic N) is 3. The maximum absolute atomic E-state index is 6.31. The maximum Gasteiger partial charge on any atom is 0.277 e. The van der Waals surface area contributed by atoms with E-state index < -0.39 is 5.79 Å². The Bertz CT molecular complexity index is 1110. The molecule has 0 amide bonds. The highest BCUT2D eigenvalue weighted by atomic mass is 16.7. The summed E-state index contributed by atoms with van der Waals surface area (Å²) in [5.74, 6) is 0.817. The number of hydrogen-bond acceptors (Lipinski definition) is 5. The molecule has 1 fully saturated rings. The van der Waals surface area contributed by atoms with Gasteiger partial charge >= 0.3 is 0 Å². The van der Waals surface area contributed by atoms with Crippen LogP contribution in [-0.2, 0) is 22.3 Å². The molecule has 1 spiro atoms. The Morgan fingerprint density at radius 2 is 1.88 bits per heavy atom. The lowest BCUT2D eigenvalue weighted by atomic mass is 9.94. The lowest BCUT2D eigenvalue weighted by Crippen LogP contribution is -2.49. The molecule has 1 aromatic carbocycles. The molecule has 0 radical (unpaired) electrons. The van der Waals surface area contributed by atoms with Gasteiger partial charge in [0, 0.05) is 36.0 Å². The summed E-state index contributed by atoms with van der Waals surface area (Å²) in [5, 5.41) is 0. The van der Waals surface area contributed by atoms with Crippen molar-refractivity contribution in [3.05, 3.63) is 60.0 Å². The number of aromatic nitrogens is 3. The zero-order valence-corrected chi connectivity index (χ0v) is 19.1. The summed E-state index contributed by atoms with van der Waals surface area (Å²) in [6.07, 6.45) is 5.39. The molecule has 1 aliphatic heterocycles. The highest BCUT2D eigenvalue weighted by Gasteiger charge is 2.49. The quantitative estimate of drug-likeness (QED) is 0.574. The monoisotopic (exact) mass is 436 g/mol. The third-order valence-corrected chi connectivity index (χ3v) is 6.06. The van der Waals surface area contributed by atoms with Gasteiger partial charge in [0.1, 0.15) is 5.69 Å². The molecule has 2 aromatic heterocycles. The van der Waals surface area contributed by atoms with Crippen molar-refractivity contribution < 1.29 is 23.6 Å². The third-order valence-electron chi connectivity index (χ3n) is 6.06. The third kappa shape index (κ3) is 3.65. The Balaban J connectivity index is 1.59. The molecule has 7 nitrogen and oxygen atoms in total. The molecule has 1 saturated heterocycles. The van der Waals surface area contributed by atoms with E-state index in [1.54, 1.807) is 7.11 Å². The Kier molecular flexibility index (Phi) is 5.18. The minimum atomic E-state index is -0.597. The Labute approximate surface area is 188 Å². The topological polar surface area (TPSA) is 58.6 Å². The molecule has 5 rings (SSSR count). The summed E-state index contributed by atoms with van der Waals surface area (Å²) in [7, 11) is 1.69. The number of ether oxygens (including phenoxy) is 4. The van der Waals surface area contributed by atoms with Crippen molar-refractivity contribution in [3.8, 4) is 23.0 Å². The van der Waals surface area contributed by atoms with Gasteiger partial charge in [-0.15, -0.1) is 4.68 Å². The Morgan fingerprint density at radius 1 is 1.09 bits per heavy atom. The largest absolute Gasteiger partial charge is 0.490 e. The van der Waals surface area contributed by atoms with Gasteiger partial charge in [-0.05, 0) is 19.1 Å². The van der Waals surface area contributed by atoms with Gasteiger partial charge in [-0.3, -0.25) is 0 Å². The SMILES string of the molecule is CCOc1ccc(-n2c3c(c[n+]2-c2ccccc2OC)CC2(C3)OCC(C)(C)CO2)cn1. The minimum Gasteiger partial charge on any atom is -0.490 e. The van der Waals surface area contributed by atoms with E-state index in [2.05, 4.69) is 40.5 Å². The smallest absolute Gasteiger partial charge is 0.277 e. The van der Waals surface area contributed by atoms with Gasteiger partial charge in [-0.2, -0.15) is 0 Å². The van der Waals surface area contributed by atoms with Crippen molar-refractivity contribution >= 4 is 0 Å². The van der Waals surface area contributed by atoms with E-state index in [0.29, 0.717) is 38.5 Å². The molecule has 0 unspecified atom stereocenters. The number of pyridine rings is 1. The van der Waals surface area contributed by atoms with Crippen LogP contribution in [0.25, 0.3) is 11.4 Å². The molecule has 168 valence electrons. The van der Waals surface area contributed by atoms with Crippen LogP contribution in [0.5, 0.6) is 11.6 Å². The van der Waals surface area contributed by atoms with Crippen molar-refractivity contribution in [2.45, 2.75) is 39.4 Å². The maximum atomic E-state index is 6.31. The van der Waals surface area contributed by atoms with E-state index in [4.69, 9.17) is 18.9 Å². The van der Waals surface area contributed by atoms with Crippen LogP contribution in [0, 0.1) is 5.41 Å². The van der Waals surface area contributed by atoms with Gasteiger partial charge in [0.25, 0.3) is 5.69 Å². The summed E-state index contributed by atoms with van der Waals surface area (Å²) in [6.45, 7) is 8.25. The van der Waals surface area contributed by atoms with E-state index >= 15 is 0 Å². The molecule has 7 heteroatoms. The average molecular weight is 437 g/mol. The highest BCUT2D eigenvalue weighted by molar-refractivity contribution is 5.42. The molecule has 2 aliphatic rings. The van der Waals surface area contributed by atoms with Crippen molar-refractivity contribution in [2.75, 3.05) is 26.9 Å². The molecule has 0 bridgehead atoms. The van der Waals surface area contributed by atoms with Gasteiger partial charge in [0.15, 0.2) is 11.5 Å². The standard InChI is InChI=1S/C25H30N3O4/c1-5-30-23-11-10-19(14-26-23)28-21-13-25(31-16-24(2,3)17-32-25)12-18(21)15-27(28)20-8-6-7-9-22(20)29-4/h6-11,14-15H,5,12-13,16-17H2,1-4H3/q+1. The molecular formula is C25H30N3O4+. The molecule has 0 N–H and O–H groups in total. The first-order valence-electron chi connectivity index (χ1n) is 11.1. The molecule has 0 atom stereocenters. The first kappa shape index (κ1) is 21.0. The van der Waals surface area contributed by atoms with Gasteiger partial charge in [0.2, 0.25) is 12.1 Å². The van der Waals surface area contributed by atoms with Crippen LogP contribution >= 0.6 is 0 Å². The van der Waals surface area contributed by atoms with Crippen molar-refractivity contribution in [3.63, 3.8) is 0 Å². The summed E-state index contributed by atoms with van der Waals surface area (Å²) in [6, 6.07) is 11.9. The molecule has 32 heavy (non-hydrogen) atoms. The van der Waals surface area contributed by atoms with Crippen LogP contribution in [0.2, 0.25) is 0 Å².